The van der Waals surface area contributed by atoms with Crippen LogP contribution in [0.15, 0.2) is 48.5 Å². The molecule has 2 aromatic rings. The van der Waals surface area contributed by atoms with Crippen LogP contribution in [-0.2, 0) is 29.3 Å². The molecule has 0 radical (unpaired) electrons. The zero-order valence-electron chi connectivity index (χ0n) is 34.0. The van der Waals surface area contributed by atoms with Crippen molar-refractivity contribution in [1.82, 2.24) is 0 Å². The van der Waals surface area contributed by atoms with Gasteiger partial charge in [-0.25, -0.2) is 0 Å². The number of rotatable bonds is 27. The van der Waals surface area contributed by atoms with Gasteiger partial charge in [-0.3, -0.25) is 19.2 Å². The Morgan fingerprint density at radius 2 is 1.27 bits per heavy atom. The number of carboxylic acids is 1. The monoisotopic (exact) mass is 759 g/mol. The number of Topliss-reactive ketones (excluding diaryl/α,β-unsaturated/α-hetero) is 2. The standard InChI is InChI=1S/C48H70O7/c1-3-5-11-21-42(49)37-26-30-39(31-27-37)48(35-34-44(51)41(48)20-14-8-9-15-24-46(52)53)40-32-28-38(29-33-40)45(23-12-6-4-2)55-47(54)25-16-10-7-13-18-36-19-17-22-43(36)50/h26-33,36,41-42,45,49H,3-25,34-35H2,1-2H3,(H,52,53)/t36?,41-,42-,45-,48-/m1/s1. The van der Waals surface area contributed by atoms with E-state index in [2.05, 4.69) is 50.2 Å². The van der Waals surface area contributed by atoms with Gasteiger partial charge in [0.25, 0.3) is 0 Å². The predicted octanol–water partition coefficient (Wildman–Crippen LogP) is 11.9. The summed E-state index contributed by atoms with van der Waals surface area (Å²) >= 11 is 0. The van der Waals surface area contributed by atoms with Crippen molar-refractivity contribution in [3.05, 3.63) is 70.8 Å². The van der Waals surface area contributed by atoms with E-state index in [0.717, 1.165) is 151 Å². The smallest absolute Gasteiger partial charge is 0.306 e. The Hall–Kier alpha value is -3.32. The van der Waals surface area contributed by atoms with Gasteiger partial charge in [-0.1, -0.05) is 133 Å². The van der Waals surface area contributed by atoms with Gasteiger partial charge in [0, 0.05) is 42.9 Å². The van der Waals surface area contributed by atoms with E-state index in [1.165, 1.54) is 0 Å². The number of benzene rings is 2. The highest BCUT2D eigenvalue weighted by molar-refractivity contribution is 5.87. The van der Waals surface area contributed by atoms with Crippen LogP contribution < -0.4 is 0 Å². The Bertz CT molecular complexity index is 1460. The molecule has 2 aliphatic carbocycles. The van der Waals surface area contributed by atoms with Crippen LogP contribution >= 0.6 is 0 Å². The molecule has 0 heterocycles. The molecule has 0 aromatic heterocycles. The third-order valence-electron chi connectivity index (χ3n) is 12.5. The SMILES string of the molecule is CCCCC[C@@H](O)c1ccc([C@@]2(c3ccc([C@@H](CCCCC)OC(=O)CCCCCCC4CCCC4=O)cc3)CCC(=O)[C@H]2CCCCCCC(=O)O)cc1. The van der Waals surface area contributed by atoms with E-state index in [1.54, 1.807) is 0 Å². The van der Waals surface area contributed by atoms with Crippen LogP contribution in [0.5, 0.6) is 0 Å². The van der Waals surface area contributed by atoms with E-state index in [-0.39, 0.29) is 36.1 Å². The molecule has 5 atom stereocenters. The first-order valence-electron chi connectivity index (χ1n) is 22.0. The summed E-state index contributed by atoms with van der Waals surface area (Å²) in [5.74, 6) is -0.157. The fourth-order valence-corrected chi connectivity index (χ4v) is 9.24. The zero-order valence-corrected chi connectivity index (χ0v) is 34.0. The summed E-state index contributed by atoms with van der Waals surface area (Å²) in [4.78, 5) is 49.8. The summed E-state index contributed by atoms with van der Waals surface area (Å²) in [6, 6.07) is 16.8. The Morgan fingerprint density at radius 3 is 1.87 bits per heavy atom. The van der Waals surface area contributed by atoms with Gasteiger partial charge in [-0.05, 0) is 86.5 Å². The minimum absolute atomic E-state index is 0.158. The summed E-state index contributed by atoms with van der Waals surface area (Å²) in [5.41, 5.74) is 3.55. The van der Waals surface area contributed by atoms with Crippen LogP contribution in [0.4, 0.5) is 0 Å². The molecule has 2 fully saturated rings. The fraction of sp³-hybridized carbons (Fsp3) is 0.667. The summed E-state index contributed by atoms with van der Waals surface area (Å²) in [5, 5.41) is 20.0. The second-order valence-corrected chi connectivity index (χ2v) is 16.6. The molecule has 0 aliphatic heterocycles. The number of esters is 1. The molecular formula is C48H70O7. The molecule has 304 valence electrons. The minimum Gasteiger partial charge on any atom is -0.481 e. The van der Waals surface area contributed by atoms with E-state index >= 15 is 0 Å². The summed E-state index contributed by atoms with van der Waals surface area (Å²) < 4.78 is 6.17. The zero-order chi connectivity index (χ0) is 39.5. The molecule has 0 saturated heterocycles. The normalized spacial score (nSPS) is 20.9. The number of carbonyl (C=O) groups is 4. The summed E-state index contributed by atoms with van der Waals surface area (Å²) in [7, 11) is 0. The number of hydrogen-bond donors (Lipinski definition) is 2. The van der Waals surface area contributed by atoms with Gasteiger partial charge < -0.3 is 14.9 Å². The highest BCUT2D eigenvalue weighted by atomic mass is 16.5. The average molecular weight is 759 g/mol. The molecule has 1 unspecified atom stereocenters. The second-order valence-electron chi connectivity index (χ2n) is 16.6. The van der Waals surface area contributed by atoms with Crippen molar-refractivity contribution in [3.63, 3.8) is 0 Å². The van der Waals surface area contributed by atoms with Crippen molar-refractivity contribution in [2.24, 2.45) is 11.8 Å². The Balaban J connectivity index is 1.49. The highest BCUT2D eigenvalue weighted by Gasteiger charge is 2.49. The van der Waals surface area contributed by atoms with Crippen LogP contribution in [0.3, 0.4) is 0 Å². The molecule has 55 heavy (non-hydrogen) atoms. The molecule has 2 saturated carbocycles. The molecule has 4 rings (SSSR count). The molecule has 7 nitrogen and oxygen atoms in total. The van der Waals surface area contributed by atoms with E-state index in [4.69, 9.17) is 9.84 Å². The number of ether oxygens (including phenoxy) is 1. The van der Waals surface area contributed by atoms with Gasteiger partial charge in [0.1, 0.15) is 17.7 Å². The molecule has 0 spiro atoms. The third kappa shape index (κ3) is 13.4. The number of hydrogen-bond acceptors (Lipinski definition) is 6. The van der Waals surface area contributed by atoms with E-state index in [0.29, 0.717) is 31.5 Å². The maximum Gasteiger partial charge on any atom is 0.306 e. The van der Waals surface area contributed by atoms with Gasteiger partial charge in [0.05, 0.1) is 6.10 Å². The molecule has 2 aromatic carbocycles. The van der Waals surface area contributed by atoms with Crippen LogP contribution in [0, 0.1) is 11.8 Å². The van der Waals surface area contributed by atoms with Crippen molar-refractivity contribution in [2.75, 3.05) is 0 Å². The van der Waals surface area contributed by atoms with Crippen molar-refractivity contribution in [3.8, 4) is 0 Å². The largest absolute Gasteiger partial charge is 0.481 e. The molecular weight excluding hydrogens is 689 g/mol. The first-order valence-corrected chi connectivity index (χ1v) is 22.0. The van der Waals surface area contributed by atoms with Crippen LogP contribution in [-0.4, -0.2) is 33.7 Å². The maximum absolute atomic E-state index is 13.7. The van der Waals surface area contributed by atoms with Crippen molar-refractivity contribution >= 4 is 23.5 Å². The lowest BCUT2D eigenvalue weighted by atomic mass is 9.65. The number of aliphatic carboxylic acids is 1. The highest BCUT2D eigenvalue weighted by Crippen LogP contribution is 2.51. The summed E-state index contributed by atoms with van der Waals surface area (Å²) in [6.07, 6.45) is 20.4. The van der Waals surface area contributed by atoms with Crippen molar-refractivity contribution in [1.29, 1.82) is 0 Å². The van der Waals surface area contributed by atoms with Crippen LogP contribution in [0.2, 0.25) is 0 Å². The number of carbonyl (C=O) groups excluding carboxylic acids is 3. The fourth-order valence-electron chi connectivity index (χ4n) is 9.24. The lowest BCUT2D eigenvalue weighted by Crippen LogP contribution is -2.34. The van der Waals surface area contributed by atoms with Gasteiger partial charge in [-0.2, -0.15) is 0 Å². The molecule has 2 N–H and O–H groups in total. The van der Waals surface area contributed by atoms with E-state index in [9.17, 15) is 24.3 Å². The molecule has 0 amide bonds. The second kappa shape index (κ2) is 23.7. The lowest BCUT2D eigenvalue weighted by molar-refractivity contribution is -0.150. The maximum atomic E-state index is 13.7. The number of aliphatic hydroxyl groups excluding tert-OH is 1. The summed E-state index contributed by atoms with van der Waals surface area (Å²) in [6.45, 7) is 4.34. The number of aliphatic hydroxyl groups is 1. The Kier molecular flexibility index (Phi) is 19.1. The minimum atomic E-state index is -0.768. The molecule has 2 aliphatic rings. The van der Waals surface area contributed by atoms with Crippen LogP contribution in [0.25, 0.3) is 0 Å². The first-order chi connectivity index (χ1) is 26.7. The molecule has 7 heteroatoms. The Labute approximate surface area is 331 Å². The van der Waals surface area contributed by atoms with Crippen LogP contribution in [0.1, 0.15) is 209 Å². The number of carboxylic acid groups (broad SMARTS) is 1. The van der Waals surface area contributed by atoms with Gasteiger partial charge in [-0.15, -0.1) is 0 Å². The van der Waals surface area contributed by atoms with Crippen molar-refractivity contribution < 1.29 is 34.1 Å². The average Bonchev–Trinajstić information content (AvgIpc) is 3.75. The van der Waals surface area contributed by atoms with Gasteiger partial charge >= 0.3 is 11.9 Å². The van der Waals surface area contributed by atoms with E-state index in [1.807, 2.05) is 12.1 Å². The quantitative estimate of drug-likeness (QED) is 0.0688. The van der Waals surface area contributed by atoms with E-state index < -0.39 is 17.5 Å². The number of ketones is 2. The van der Waals surface area contributed by atoms with Gasteiger partial charge in [0.15, 0.2) is 0 Å². The topological polar surface area (TPSA) is 118 Å². The Morgan fingerprint density at radius 1 is 0.691 bits per heavy atom. The first kappa shape index (κ1) is 44.4. The lowest BCUT2D eigenvalue weighted by Gasteiger charge is -2.37. The number of unbranched alkanes of at least 4 members (excludes halogenated alkanes) is 10. The molecule has 0 bridgehead atoms. The third-order valence-corrected chi connectivity index (χ3v) is 12.5. The predicted molar refractivity (Wildman–Crippen MR) is 219 cm³/mol. The van der Waals surface area contributed by atoms with Gasteiger partial charge in [0.2, 0.25) is 0 Å². The van der Waals surface area contributed by atoms with Crippen molar-refractivity contribution in [2.45, 2.75) is 192 Å².